The molecule has 1 amide bonds. The van der Waals surface area contributed by atoms with Gasteiger partial charge in [0, 0.05) is 35.8 Å². The van der Waals surface area contributed by atoms with E-state index in [-0.39, 0.29) is 23.2 Å². The summed E-state index contributed by atoms with van der Waals surface area (Å²) in [6.07, 6.45) is 0. The van der Waals surface area contributed by atoms with Crippen molar-refractivity contribution in [3.8, 4) is 0 Å². The minimum absolute atomic E-state index is 0.0882. The molecule has 8 heteroatoms. The second-order valence-electron chi connectivity index (χ2n) is 4.82. The number of amides is 1. The van der Waals surface area contributed by atoms with Crippen LogP contribution in [-0.2, 0) is 6.54 Å². The molecule has 0 aromatic heterocycles. The Kier molecular flexibility index (Phi) is 5.46. The van der Waals surface area contributed by atoms with Crippen molar-refractivity contribution in [2.75, 3.05) is 7.05 Å². The first-order valence-corrected chi connectivity index (χ1v) is 7.56. The molecule has 0 unspecified atom stereocenters. The van der Waals surface area contributed by atoms with E-state index in [0.29, 0.717) is 21.2 Å². The molecule has 23 heavy (non-hydrogen) atoms. The summed E-state index contributed by atoms with van der Waals surface area (Å²) in [6.45, 7) is 0.109. The molecule has 2 rings (SSSR count). The van der Waals surface area contributed by atoms with E-state index in [4.69, 9.17) is 34.8 Å². The first kappa shape index (κ1) is 17.5. The second kappa shape index (κ2) is 7.17. The molecular weight excluding hydrogens is 363 g/mol. The topological polar surface area (TPSA) is 63.4 Å². The van der Waals surface area contributed by atoms with Crippen LogP contribution in [0.4, 0.5) is 5.69 Å². The van der Waals surface area contributed by atoms with Gasteiger partial charge in [-0.3, -0.25) is 14.9 Å². The minimum Gasteiger partial charge on any atom is -0.337 e. The summed E-state index contributed by atoms with van der Waals surface area (Å²) in [4.78, 5) is 24.1. The number of rotatable bonds is 4. The van der Waals surface area contributed by atoms with Crippen molar-refractivity contribution in [2.24, 2.45) is 0 Å². The number of hydrogen-bond donors (Lipinski definition) is 0. The number of halogens is 3. The van der Waals surface area contributed by atoms with E-state index in [1.54, 1.807) is 13.1 Å². The third-order valence-electron chi connectivity index (χ3n) is 3.16. The summed E-state index contributed by atoms with van der Waals surface area (Å²) in [5, 5.41) is 11.8. The summed E-state index contributed by atoms with van der Waals surface area (Å²) >= 11 is 17.9. The molecule has 0 spiro atoms. The van der Waals surface area contributed by atoms with E-state index >= 15 is 0 Å². The summed E-state index contributed by atoms with van der Waals surface area (Å²) in [5.74, 6) is -0.339. The summed E-state index contributed by atoms with van der Waals surface area (Å²) in [5.41, 5.74) is 0.677. The van der Waals surface area contributed by atoms with Crippen molar-refractivity contribution in [2.45, 2.75) is 6.54 Å². The maximum Gasteiger partial charge on any atom is 0.269 e. The van der Waals surface area contributed by atoms with E-state index in [1.807, 2.05) is 0 Å². The molecule has 0 saturated carbocycles. The third-order valence-corrected chi connectivity index (χ3v) is 4.07. The standard InChI is InChI=1S/C15H11Cl3N2O3/c1-19(15(21)12-4-2-10(16)7-14(12)18)8-9-6-11(20(22)23)3-5-13(9)17/h2-7H,8H2,1H3. The molecule has 0 heterocycles. The average molecular weight is 374 g/mol. The number of benzene rings is 2. The highest BCUT2D eigenvalue weighted by molar-refractivity contribution is 6.36. The Balaban J connectivity index is 2.24. The molecule has 5 nitrogen and oxygen atoms in total. The maximum absolute atomic E-state index is 12.4. The van der Waals surface area contributed by atoms with Gasteiger partial charge in [-0.2, -0.15) is 0 Å². The fraction of sp³-hybridized carbons (Fsp3) is 0.133. The molecule has 0 fully saturated rings. The zero-order chi connectivity index (χ0) is 17.1. The summed E-state index contributed by atoms with van der Waals surface area (Å²) in [7, 11) is 1.56. The molecule has 2 aromatic rings. The van der Waals surface area contributed by atoms with Crippen LogP contribution in [0.1, 0.15) is 15.9 Å². The molecule has 0 saturated heterocycles. The van der Waals surface area contributed by atoms with Gasteiger partial charge >= 0.3 is 0 Å². The first-order chi connectivity index (χ1) is 10.8. The van der Waals surface area contributed by atoms with E-state index in [2.05, 4.69) is 0 Å². The average Bonchev–Trinajstić information content (AvgIpc) is 2.48. The zero-order valence-corrected chi connectivity index (χ0v) is 14.2. The molecule has 120 valence electrons. The van der Waals surface area contributed by atoms with Crippen LogP contribution < -0.4 is 0 Å². The van der Waals surface area contributed by atoms with Crippen LogP contribution in [0.15, 0.2) is 36.4 Å². The number of nitrogens with zero attached hydrogens (tertiary/aromatic N) is 2. The van der Waals surface area contributed by atoms with Gasteiger partial charge in [0.2, 0.25) is 0 Å². The lowest BCUT2D eigenvalue weighted by molar-refractivity contribution is -0.384. The number of carbonyl (C=O) groups is 1. The van der Waals surface area contributed by atoms with Gasteiger partial charge in [-0.25, -0.2) is 0 Å². The van der Waals surface area contributed by atoms with E-state index < -0.39 is 4.92 Å². The lowest BCUT2D eigenvalue weighted by Crippen LogP contribution is -2.26. The molecule has 0 bridgehead atoms. The Labute approximate surface area is 147 Å². The van der Waals surface area contributed by atoms with Crippen molar-refractivity contribution in [1.29, 1.82) is 0 Å². The molecule has 0 aliphatic heterocycles. The number of carbonyl (C=O) groups excluding carboxylic acids is 1. The van der Waals surface area contributed by atoms with Crippen LogP contribution in [0.5, 0.6) is 0 Å². The fourth-order valence-electron chi connectivity index (χ4n) is 1.99. The maximum atomic E-state index is 12.4. The van der Waals surface area contributed by atoms with Gasteiger partial charge in [-0.1, -0.05) is 34.8 Å². The van der Waals surface area contributed by atoms with Gasteiger partial charge in [0.1, 0.15) is 0 Å². The van der Waals surface area contributed by atoms with E-state index in [1.165, 1.54) is 35.2 Å². The van der Waals surface area contributed by atoms with Crippen LogP contribution in [0.25, 0.3) is 0 Å². The molecule has 0 aliphatic rings. The number of nitro groups is 1. The van der Waals surface area contributed by atoms with Gasteiger partial charge in [0.15, 0.2) is 0 Å². The number of non-ortho nitro benzene ring substituents is 1. The molecule has 0 radical (unpaired) electrons. The van der Waals surface area contributed by atoms with Gasteiger partial charge in [-0.05, 0) is 29.8 Å². The number of hydrogen-bond acceptors (Lipinski definition) is 3. The van der Waals surface area contributed by atoms with Crippen molar-refractivity contribution in [3.05, 3.63) is 72.7 Å². The predicted octanol–water partition coefficient (Wildman–Crippen LogP) is 4.83. The van der Waals surface area contributed by atoms with Crippen LogP contribution in [0.2, 0.25) is 15.1 Å². The van der Waals surface area contributed by atoms with Crippen LogP contribution in [0, 0.1) is 10.1 Å². The highest BCUT2D eigenvalue weighted by Crippen LogP contribution is 2.25. The molecular formula is C15H11Cl3N2O3. The Morgan fingerprint density at radius 2 is 1.83 bits per heavy atom. The smallest absolute Gasteiger partial charge is 0.269 e. The van der Waals surface area contributed by atoms with Gasteiger partial charge in [-0.15, -0.1) is 0 Å². The van der Waals surface area contributed by atoms with Gasteiger partial charge < -0.3 is 4.90 Å². The second-order valence-corrected chi connectivity index (χ2v) is 6.07. The Morgan fingerprint density at radius 3 is 2.43 bits per heavy atom. The van der Waals surface area contributed by atoms with Crippen LogP contribution in [0.3, 0.4) is 0 Å². The SMILES string of the molecule is CN(Cc1cc([N+](=O)[O-])ccc1Cl)C(=O)c1ccc(Cl)cc1Cl. The monoisotopic (exact) mass is 372 g/mol. The summed E-state index contributed by atoms with van der Waals surface area (Å²) < 4.78 is 0. The highest BCUT2D eigenvalue weighted by Gasteiger charge is 2.18. The minimum atomic E-state index is -0.516. The van der Waals surface area contributed by atoms with E-state index in [0.717, 1.165) is 0 Å². The molecule has 2 aromatic carbocycles. The quantitative estimate of drug-likeness (QED) is 0.569. The zero-order valence-electron chi connectivity index (χ0n) is 11.9. The fourth-order valence-corrected chi connectivity index (χ4v) is 2.66. The highest BCUT2D eigenvalue weighted by atomic mass is 35.5. The van der Waals surface area contributed by atoms with Gasteiger partial charge in [0.05, 0.1) is 15.5 Å². The third kappa shape index (κ3) is 4.13. The van der Waals surface area contributed by atoms with Crippen molar-refractivity contribution in [3.63, 3.8) is 0 Å². The van der Waals surface area contributed by atoms with Crippen molar-refractivity contribution in [1.82, 2.24) is 4.90 Å². The van der Waals surface area contributed by atoms with Crippen LogP contribution in [-0.4, -0.2) is 22.8 Å². The Morgan fingerprint density at radius 1 is 1.13 bits per heavy atom. The normalized spacial score (nSPS) is 10.4. The Bertz CT molecular complexity index is 781. The number of nitro benzene ring substituents is 1. The lowest BCUT2D eigenvalue weighted by Gasteiger charge is -2.18. The Hall–Kier alpha value is -1.82. The molecule has 0 aliphatic carbocycles. The largest absolute Gasteiger partial charge is 0.337 e. The van der Waals surface area contributed by atoms with Crippen molar-refractivity contribution >= 4 is 46.4 Å². The van der Waals surface area contributed by atoms with E-state index in [9.17, 15) is 14.9 Å². The van der Waals surface area contributed by atoms with Gasteiger partial charge in [0.25, 0.3) is 11.6 Å². The molecule has 0 atom stereocenters. The first-order valence-electron chi connectivity index (χ1n) is 6.43. The molecule has 0 N–H and O–H groups in total. The summed E-state index contributed by atoms with van der Waals surface area (Å²) in [6, 6.07) is 8.65. The van der Waals surface area contributed by atoms with Crippen LogP contribution >= 0.6 is 34.8 Å². The predicted molar refractivity (Wildman–Crippen MR) is 90.4 cm³/mol. The van der Waals surface area contributed by atoms with Crippen molar-refractivity contribution < 1.29 is 9.72 Å². The lowest BCUT2D eigenvalue weighted by atomic mass is 10.1.